The zero-order chi connectivity index (χ0) is 8.10. The van der Waals surface area contributed by atoms with E-state index < -0.39 is 0 Å². The van der Waals surface area contributed by atoms with Crippen LogP contribution < -0.4 is 0 Å². The molecule has 0 heterocycles. The minimum atomic E-state index is -0.339. The minimum absolute atomic E-state index is 0.339. The van der Waals surface area contributed by atoms with Crippen LogP contribution in [-0.4, -0.2) is 5.12 Å². The number of rotatable bonds is 2. The molecule has 0 amide bonds. The number of carbonyl (C=O) groups is 1. The molecule has 0 radical (unpaired) electrons. The summed E-state index contributed by atoms with van der Waals surface area (Å²) in [6.45, 7) is 0. The number of hydrogen-bond acceptors (Lipinski definition) is 2. The second-order valence-corrected chi connectivity index (χ2v) is 2.47. The normalized spacial score (nSPS) is 10.2. The molecule has 1 rings (SSSR count). The molecular weight excluding hydrogens is 156 g/mol. The van der Waals surface area contributed by atoms with Gasteiger partial charge in [-0.15, -0.1) is 0 Å². The van der Waals surface area contributed by atoms with Gasteiger partial charge in [0.15, 0.2) is 0 Å². The highest BCUT2D eigenvalue weighted by molar-refractivity contribution is 7.77. The molecule has 2 heteroatoms. The van der Waals surface area contributed by atoms with E-state index in [9.17, 15) is 4.79 Å². The first-order chi connectivity index (χ1) is 5.29. The number of carbonyl (C=O) groups excluding carboxylic acids is 1. The van der Waals surface area contributed by atoms with E-state index in [1.165, 1.54) is 6.08 Å². The largest absolute Gasteiger partial charge is 0.737 e. The Morgan fingerprint density at radius 3 is 2.45 bits per heavy atom. The van der Waals surface area contributed by atoms with Crippen molar-refractivity contribution < 1.29 is 4.79 Å². The van der Waals surface area contributed by atoms with E-state index in [0.717, 1.165) is 5.56 Å². The Morgan fingerprint density at radius 1 is 1.27 bits per heavy atom. The van der Waals surface area contributed by atoms with Crippen LogP contribution in [0.1, 0.15) is 5.56 Å². The van der Waals surface area contributed by atoms with Crippen LogP contribution in [0.4, 0.5) is 0 Å². The molecule has 56 valence electrons. The van der Waals surface area contributed by atoms with E-state index in [-0.39, 0.29) is 5.12 Å². The summed E-state index contributed by atoms with van der Waals surface area (Å²) in [6, 6.07) is 9.57. The Hall–Kier alpha value is -1.15. The summed E-state index contributed by atoms with van der Waals surface area (Å²) in [5.74, 6) is 0. The van der Waals surface area contributed by atoms with Crippen LogP contribution in [0.3, 0.4) is 0 Å². The highest BCUT2D eigenvalue weighted by atomic mass is 32.1. The summed E-state index contributed by atoms with van der Waals surface area (Å²) in [7, 11) is 0. The second-order valence-electron chi connectivity index (χ2n) is 2.06. The predicted octanol–water partition coefficient (Wildman–Crippen LogP) is 1.77. The lowest BCUT2D eigenvalue weighted by atomic mass is 10.2. The molecule has 0 N–H and O–H groups in total. The SMILES string of the molecule is O=C([S-])/C=C/c1ccccc1. The Morgan fingerprint density at radius 2 is 1.91 bits per heavy atom. The van der Waals surface area contributed by atoms with E-state index in [1.807, 2.05) is 30.3 Å². The van der Waals surface area contributed by atoms with Gasteiger partial charge in [-0.05, 0) is 11.6 Å². The lowest BCUT2D eigenvalue weighted by Gasteiger charge is -1.93. The van der Waals surface area contributed by atoms with Crippen LogP contribution >= 0.6 is 0 Å². The molecule has 0 atom stereocenters. The maximum Gasteiger partial charge on any atom is 0.0349 e. The average Bonchev–Trinajstić information content (AvgIpc) is 2.03. The minimum Gasteiger partial charge on any atom is -0.737 e. The van der Waals surface area contributed by atoms with Crippen molar-refractivity contribution in [2.45, 2.75) is 0 Å². The molecule has 0 aliphatic carbocycles. The van der Waals surface area contributed by atoms with Crippen molar-refractivity contribution in [2.24, 2.45) is 0 Å². The molecule has 0 saturated heterocycles. The average molecular weight is 163 g/mol. The van der Waals surface area contributed by atoms with E-state index in [1.54, 1.807) is 6.08 Å². The standard InChI is InChI=1S/C9H8OS/c10-9(11)7-6-8-4-2-1-3-5-8/h1-7H,(H,10,11)/p-1/b7-6+. The maximum atomic E-state index is 10.3. The van der Waals surface area contributed by atoms with E-state index >= 15 is 0 Å². The molecule has 0 aliphatic heterocycles. The summed E-state index contributed by atoms with van der Waals surface area (Å²) in [5, 5.41) is -0.339. The zero-order valence-electron chi connectivity index (χ0n) is 5.86. The highest BCUT2D eigenvalue weighted by Crippen LogP contribution is 2.00. The summed E-state index contributed by atoms with van der Waals surface area (Å²) < 4.78 is 0. The first kappa shape index (κ1) is 7.95. The Bertz CT molecular complexity index is 264. The fraction of sp³-hybridized carbons (Fsp3) is 0. The smallest absolute Gasteiger partial charge is 0.0349 e. The maximum absolute atomic E-state index is 10.3. The molecule has 1 aromatic carbocycles. The van der Waals surface area contributed by atoms with E-state index in [0.29, 0.717) is 0 Å². The van der Waals surface area contributed by atoms with Gasteiger partial charge in [0, 0.05) is 5.12 Å². The monoisotopic (exact) mass is 163 g/mol. The van der Waals surface area contributed by atoms with Crippen LogP contribution in [0.15, 0.2) is 36.4 Å². The topological polar surface area (TPSA) is 17.1 Å². The third-order valence-corrected chi connectivity index (χ3v) is 1.35. The van der Waals surface area contributed by atoms with E-state index in [2.05, 4.69) is 12.6 Å². The molecule has 1 aromatic rings. The first-order valence-corrected chi connectivity index (χ1v) is 3.64. The Labute approximate surface area is 71.2 Å². The van der Waals surface area contributed by atoms with Crippen LogP contribution in [0.25, 0.3) is 6.08 Å². The highest BCUT2D eigenvalue weighted by Gasteiger charge is 1.80. The second kappa shape index (κ2) is 3.88. The van der Waals surface area contributed by atoms with Gasteiger partial charge in [0.1, 0.15) is 0 Å². The van der Waals surface area contributed by atoms with Gasteiger partial charge in [0.25, 0.3) is 0 Å². The van der Waals surface area contributed by atoms with Crippen molar-refractivity contribution in [3.05, 3.63) is 42.0 Å². The Balaban J connectivity index is 2.72. The van der Waals surface area contributed by atoms with Crippen molar-refractivity contribution >= 4 is 23.8 Å². The van der Waals surface area contributed by atoms with Gasteiger partial charge in [-0.1, -0.05) is 36.4 Å². The molecule has 0 fully saturated rings. The zero-order valence-corrected chi connectivity index (χ0v) is 6.67. The number of hydrogen-bond donors (Lipinski definition) is 0. The molecule has 0 spiro atoms. The lowest BCUT2D eigenvalue weighted by Crippen LogP contribution is -1.80. The van der Waals surface area contributed by atoms with Gasteiger partial charge in [-0.25, -0.2) is 0 Å². The molecule has 0 aliphatic rings. The molecule has 0 saturated carbocycles. The van der Waals surface area contributed by atoms with Crippen molar-refractivity contribution in [3.8, 4) is 0 Å². The Kier molecular flexibility index (Phi) is 2.81. The summed E-state index contributed by atoms with van der Waals surface area (Å²) in [5.41, 5.74) is 0.991. The third kappa shape index (κ3) is 2.96. The lowest BCUT2D eigenvalue weighted by molar-refractivity contribution is -0.106. The molecule has 0 unspecified atom stereocenters. The molecule has 1 nitrogen and oxygen atoms in total. The molecular formula is C9H7OS-. The van der Waals surface area contributed by atoms with Gasteiger partial charge in [-0.3, -0.25) is 0 Å². The summed E-state index contributed by atoms with van der Waals surface area (Å²) in [6.07, 6.45) is 3.08. The van der Waals surface area contributed by atoms with Gasteiger partial charge >= 0.3 is 0 Å². The van der Waals surface area contributed by atoms with Gasteiger partial charge < -0.3 is 17.4 Å². The molecule has 11 heavy (non-hydrogen) atoms. The molecule has 0 bridgehead atoms. The fourth-order valence-corrected chi connectivity index (χ4v) is 0.796. The van der Waals surface area contributed by atoms with Crippen LogP contribution in [0.2, 0.25) is 0 Å². The fourth-order valence-electron chi connectivity index (χ4n) is 0.728. The van der Waals surface area contributed by atoms with E-state index in [4.69, 9.17) is 0 Å². The van der Waals surface area contributed by atoms with Crippen molar-refractivity contribution in [1.29, 1.82) is 0 Å². The predicted molar refractivity (Wildman–Crippen MR) is 47.8 cm³/mol. The van der Waals surface area contributed by atoms with Gasteiger partial charge in [0.2, 0.25) is 0 Å². The van der Waals surface area contributed by atoms with Crippen LogP contribution in [0, 0.1) is 0 Å². The quantitative estimate of drug-likeness (QED) is 0.488. The first-order valence-electron chi connectivity index (χ1n) is 3.23. The van der Waals surface area contributed by atoms with Crippen LogP contribution in [-0.2, 0) is 17.4 Å². The molecule has 0 aromatic heterocycles. The van der Waals surface area contributed by atoms with Crippen LogP contribution in [0.5, 0.6) is 0 Å². The van der Waals surface area contributed by atoms with Gasteiger partial charge in [-0.2, -0.15) is 0 Å². The number of benzene rings is 1. The summed E-state index contributed by atoms with van der Waals surface area (Å²) in [4.78, 5) is 10.3. The van der Waals surface area contributed by atoms with Crippen molar-refractivity contribution in [1.82, 2.24) is 0 Å². The van der Waals surface area contributed by atoms with Crippen molar-refractivity contribution in [2.75, 3.05) is 0 Å². The summed E-state index contributed by atoms with van der Waals surface area (Å²) >= 11 is 4.35. The van der Waals surface area contributed by atoms with Crippen molar-refractivity contribution in [3.63, 3.8) is 0 Å². The van der Waals surface area contributed by atoms with Gasteiger partial charge in [0.05, 0.1) is 0 Å². The third-order valence-electron chi connectivity index (χ3n) is 1.21.